The predicted octanol–water partition coefficient (Wildman–Crippen LogP) is 5.65. The first-order valence-electron chi connectivity index (χ1n) is 16.6. The van der Waals surface area contributed by atoms with Gasteiger partial charge in [-0.3, -0.25) is 4.79 Å². The quantitative estimate of drug-likeness (QED) is 0.140. The Bertz CT molecular complexity index is 1650. The molecule has 6 atom stereocenters. The molecule has 0 radical (unpaired) electrons. The number of aliphatic carboxylic acids is 1. The summed E-state index contributed by atoms with van der Waals surface area (Å²) in [6, 6.07) is 0. The average Bonchev–Trinajstić information content (AvgIpc) is 3.22. The highest BCUT2D eigenvalue weighted by Gasteiger charge is 2.68. The summed E-state index contributed by atoms with van der Waals surface area (Å²) in [5.74, 6) is -2.40. The number of aromatic hydroxyl groups is 1. The Morgan fingerprint density at radius 1 is 1.12 bits per heavy atom. The topological polar surface area (TPSA) is 160 Å². The first-order valence-corrected chi connectivity index (χ1v) is 16.6. The number of aliphatic hydroxyl groups excluding tert-OH is 1. The molecule has 0 saturated carbocycles. The van der Waals surface area contributed by atoms with Crippen molar-refractivity contribution in [3.05, 3.63) is 57.7 Å². The molecule has 1 aliphatic carbocycles. The number of carboxylic acid groups (broad SMARTS) is 1. The van der Waals surface area contributed by atoms with Gasteiger partial charge in [-0.15, -0.1) is 0 Å². The number of phenols is 1. The SMILES string of the molecule is CC(C)=CCc1c2c(c(O)c3c1O[C@]14C(=CC(C=O)CC1C(C)(C)OC4C/C=C(/C)C(=O)O)C3=O)C=C[C@@](C)(CCC(O)C(C)(C)O)O2. The molecule has 3 aliphatic heterocycles. The van der Waals surface area contributed by atoms with Crippen molar-refractivity contribution >= 4 is 24.1 Å². The molecular weight excluding hydrogens is 616 g/mol. The number of ketones is 1. The lowest BCUT2D eigenvalue weighted by Crippen LogP contribution is -2.58. The largest absolute Gasteiger partial charge is 0.506 e. The number of ether oxygens (including phenoxy) is 3. The molecule has 0 amide bonds. The van der Waals surface area contributed by atoms with Crippen LogP contribution >= 0.6 is 0 Å². The Morgan fingerprint density at radius 2 is 1.81 bits per heavy atom. The number of aliphatic hydroxyl groups is 2. The number of fused-ring (bicyclic) bond motifs is 2. The van der Waals surface area contributed by atoms with Crippen LogP contribution in [0.25, 0.3) is 6.08 Å². The van der Waals surface area contributed by atoms with E-state index >= 15 is 0 Å². The Hall–Kier alpha value is -3.73. The summed E-state index contributed by atoms with van der Waals surface area (Å²) in [6.07, 6.45) is 9.03. The van der Waals surface area contributed by atoms with Gasteiger partial charge in [0, 0.05) is 28.5 Å². The highest BCUT2D eigenvalue weighted by atomic mass is 16.6. The van der Waals surface area contributed by atoms with Crippen LogP contribution in [0.4, 0.5) is 0 Å². The second-order valence-electron chi connectivity index (χ2n) is 15.2. The number of phenolic OH excluding ortho intramolecular Hbond substituents is 1. The third-order valence-corrected chi connectivity index (χ3v) is 10.4. The van der Waals surface area contributed by atoms with E-state index in [1.807, 2.05) is 40.7 Å². The molecule has 4 N–H and O–H groups in total. The zero-order valence-electron chi connectivity index (χ0n) is 29.0. The van der Waals surface area contributed by atoms with E-state index in [0.717, 1.165) is 11.9 Å². The van der Waals surface area contributed by atoms with Crippen molar-refractivity contribution in [2.24, 2.45) is 11.8 Å². The van der Waals surface area contributed by atoms with Gasteiger partial charge >= 0.3 is 5.97 Å². The van der Waals surface area contributed by atoms with Crippen LogP contribution in [0.15, 0.2) is 41.0 Å². The van der Waals surface area contributed by atoms with Gasteiger partial charge in [-0.1, -0.05) is 23.8 Å². The van der Waals surface area contributed by atoms with E-state index in [1.54, 1.807) is 38.2 Å². The Labute approximate surface area is 281 Å². The average molecular weight is 665 g/mol. The van der Waals surface area contributed by atoms with Crippen LogP contribution in [0.1, 0.15) is 103 Å². The van der Waals surface area contributed by atoms with Crippen LogP contribution in [0, 0.1) is 11.8 Å². The molecule has 0 aromatic heterocycles. The van der Waals surface area contributed by atoms with E-state index in [-0.39, 0.29) is 41.1 Å². The molecule has 1 saturated heterocycles. The fourth-order valence-corrected chi connectivity index (χ4v) is 7.51. The van der Waals surface area contributed by atoms with Gasteiger partial charge in [0.1, 0.15) is 40.8 Å². The zero-order chi connectivity index (χ0) is 35.6. The number of hydrogen-bond acceptors (Lipinski definition) is 9. The lowest BCUT2D eigenvalue weighted by atomic mass is 9.62. The van der Waals surface area contributed by atoms with Gasteiger partial charge in [-0.25, -0.2) is 4.79 Å². The minimum absolute atomic E-state index is 0.0249. The molecule has 1 fully saturated rings. The number of aldehydes is 1. The summed E-state index contributed by atoms with van der Waals surface area (Å²) in [5, 5.41) is 42.2. The van der Waals surface area contributed by atoms with E-state index in [0.29, 0.717) is 36.1 Å². The number of Topliss-reactive ketones (excluding diaryl/α,β-unsaturated/α-hetero) is 1. The van der Waals surface area contributed by atoms with E-state index in [2.05, 4.69) is 0 Å². The number of carbonyl (C=O) groups excluding carboxylic acids is 2. The Kier molecular flexibility index (Phi) is 9.12. The lowest BCUT2D eigenvalue weighted by molar-refractivity contribution is -0.132. The third-order valence-electron chi connectivity index (χ3n) is 10.4. The fraction of sp³-hybridized carbons (Fsp3) is 0.553. The number of carbonyl (C=O) groups is 3. The molecule has 260 valence electrons. The molecular formula is C38H48O10. The van der Waals surface area contributed by atoms with Gasteiger partial charge in [-0.2, -0.15) is 0 Å². The summed E-state index contributed by atoms with van der Waals surface area (Å²) in [4.78, 5) is 38.6. The van der Waals surface area contributed by atoms with Crippen molar-refractivity contribution in [3.8, 4) is 17.2 Å². The Morgan fingerprint density at radius 3 is 2.42 bits per heavy atom. The highest BCUT2D eigenvalue weighted by Crippen LogP contribution is 2.61. The summed E-state index contributed by atoms with van der Waals surface area (Å²) in [5.41, 5.74) is -2.27. The number of allylic oxidation sites excluding steroid dienone is 3. The second-order valence-corrected chi connectivity index (χ2v) is 15.2. The van der Waals surface area contributed by atoms with E-state index in [9.17, 15) is 34.8 Å². The van der Waals surface area contributed by atoms with Gasteiger partial charge in [0.15, 0.2) is 11.4 Å². The fourth-order valence-electron chi connectivity index (χ4n) is 7.51. The molecule has 1 aromatic rings. The molecule has 3 heterocycles. The molecule has 1 spiro atoms. The highest BCUT2D eigenvalue weighted by molar-refractivity contribution is 6.16. The normalized spacial score (nSPS) is 29.3. The van der Waals surface area contributed by atoms with E-state index < -0.39 is 58.2 Å². The molecule has 48 heavy (non-hydrogen) atoms. The van der Waals surface area contributed by atoms with Crippen molar-refractivity contribution in [1.29, 1.82) is 0 Å². The van der Waals surface area contributed by atoms with Crippen molar-refractivity contribution in [2.45, 2.75) is 122 Å². The van der Waals surface area contributed by atoms with E-state index in [1.165, 1.54) is 6.92 Å². The van der Waals surface area contributed by atoms with Crippen LogP contribution < -0.4 is 9.47 Å². The van der Waals surface area contributed by atoms with Crippen molar-refractivity contribution < 1.29 is 49.0 Å². The summed E-state index contributed by atoms with van der Waals surface area (Å²) >= 11 is 0. The van der Waals surface area contributed by atoms with Crippen molar-refractivity contribution in [2.75, 3.05) is 0 Å². The molecule has 4 aliphatic rings. The smallest absolute Gasteiger partial charge is 0.330 e. The van der Waals surface area contributed by atoms with Gasteiger partial charge in [0.05, 0.1) is 22.9 Å². The first kappa shape index (κ1) is 35.6. The monoisotopic (exact) mass is 664 g/mol. The van der Waals surface area contributed by atoms with Crippen LogP contribution in [-0.4, -0.2) is 73.1 Å². The molecule has 0 bridgehead atoms. The van der Waals surface area contributed by atoms with Crippen molar-refractivity contribution in [3.63, 3.8) is 0 Å². The minimum atomic E-state index is -1.38. The van der Waals surface area contributed by atoms with Gasteiger partial charge < -0.3 is 39.4 Å². The van der Waals surface area contributed by atoms with Crippen LogP contribution in [0.2, 0.25) is 0 Å². The van der Waals surface area contributed by atoms with Gasteiger partial charge in [-0.05, 0) is 99.6 Å². The predicted molar refractivity (Wildman–Crippen MR) is 179 cm³/mol. The summed E-state index contributed by atoms with van der Waals surface area (Å²) < 4.78 is 20.4. The number of hydrogen-bond donors (Lipinski definition) is 4. The van der Waals surface area contributed by atoms with E-state index in [4.69, 9.17) is 14.2 Å². The number of rotatable bonds is 10. The van der Waals surface area contributed by atoms with Crippen LogP contribution in [0.3, 0.4) is 0 Å². The molecule has 1 aromatic carbocycles. The van der Waals surface area contributed by atoms with Gasteiger partial charge in [0.25, 0.3) is 0 Å². The summed E-state index contributed by atoms with van der Waals surface area (Å²) in [7, 11) is 0. The molecule has 10 nitrogen and oxygen atoms in total. The lowest BCUT2D eigenvalue weighted by Gasteiger charge is -2.48. The molecule has 4 unspecified atom stereocenters. The number of benzene rings is 1. The van der Waals surface area contributed by atoms with Crippen LogP contribution in [0.5, 0.6) is 17.2 Å². The maximum Gasteiger partial charge on any atom is 0.330 e. The third kappa shape index (κ3) is 6.03. The second kappa shape index (κ2) is 12.3. The minimum Gasteiger partial charge on any atom is -0.506 e. The standard InChI is InChI=1S/C38H48O10/c1-20(2)9-11-24-32-23(13-15-37(8,47-32)16-14-27(40)35(4,5)45)30(41)29-31(42)25-17-22(19-39)18-26-36(6,7)46-28(12-10-21(3)34(43)44)38(25,26)48-33(24)29/h9-10,13,15,17,19,22,26-28,40-41,45H,11-12,14,16,18H2,1-8H3,(H,43,44)/b21-10-/t22?,26?,27?,28?,37-,38+/m0/s1. The van der Waals surface area contributed by atoms with Crippen molar-refractivity contribution in [1.82, 2.24) is 0 Å². The molecule has 5 rings (SSSR count). The zero-order valence-corrected chi connectivity index (χ0v) is 29.0. The van der Waals surface area contributed by atoms with Gasteiger partial charge in [0.2, 0.25) is 0 Å². The Balaban J connectivity index is 1.72. The molecule has 10 heteroatoms. The summed E-state index contributed by atoms with van der Waals surface area (Å²) in [6.45, 7) is 14.1. The maximum atomic E-state index is 14.7. The number of carboxylic acids is 1. The van der Waals surface area contributed by atoms with Crippen LogP contribution in [-0.2, 0) is 20.7 Å². The first-order chi connectivity index (χ1) is 22.3. The maximum absolute atomic E-state index is 14.7.